The van der Waals surface area contributed by atoms with Crippen molar-refractivity contribution in [3.05, 3.63) is 0 Å². The van der Waals surface area contributed by atoms with E-state index in [9.17, 15) is 4.79 Å². The van der Waals surface area contributed by atoms with Gasteiger partial charge in [-0.1, -0.05) is 55.0 Å². The van der Waals surface area contributed by atoms with Crippen LogP contribution < -0.4 is 0 Å². The van der Waals surface area contributed by atoms with Gasteiger partial charge < -0.3 is 4.90 Å². The summed E-state index contributed by atoms with van der Waals surface area (Å²) in [6.45, 7) is 6.39. The molecule has 0 aromatic carbocycles. The molecule has 0 bridgehead atoms. The molecule has 17 heavy (non-hydrogen) atoms. The molecule has 0 aliphatic heterocycles. The molecule has 0 N–H and O–H groups in total. The van der Waals surface area contributed by atoms with Crippen molar-refractivity contribution in [3.63, 3.8) is 0 Å². The Balaban J connectivity index is 3.72. The zero-order valence-electron chi connectivity index (χ0n) is 11.9. The number of carbonyl (C=O) groups is 1. The van der Waals surface area contributed by atoms with E-state index in [0.29, 0.717) is 6.42 Å². The summed E-state index contributed by atoms with van der Waals surface area (Å²) in [4.78, 5) is 13.8. The zero-order valence-corrected chi connectivity index (χ0v) is 13.5. The van der Waals surface area contributed by atoms with E-state index in [4.69, 9.17) is 0 Å². The molecule has 0 saturated heterocycles. The standard InChI is InChI=1S/C14H28BrNO/c1-5-6-7-8-9-10-11-13(17)16(4)14(2,3)12-15/h5-12H2,1-4H3. The van der Waals surface area contributed by atoms with E-state index in [-0.39, 0.29) is 11.4 Å². The van der Waals surface area contributed by atoms with Gasteiger partial charge in [0, 0.05) is 24.3 Å². The first-order valence-corrected chi connectivity index (χ1v) is 7.90. The Morgan fingerprint density at radius 1 is 1.12 bits per heavy atom. The van der Waals surface area contributed by atoms with Crippen molar-refractivity contribution >= 4 is 21.8 Å². The van der Waals surface area contributed by atoms with Gasteiger partial charge in [0.15, 0.2) is 0 Å². The minimum atomic E-state index is -0.0840. The highest BCUT2D eigenvalue weighted by Crippen LogP contribution is 2.17. The van der Waals surface area contributed by atoms with Crippen molar-refractivity contribution in [3.8, 4) is 0 Å². The molecule has 0 unspecified atom stereocenters. The van der Waals surface area contributed by atoms with Gasteiger partial charge in [-0.3, -0.25) is 4.79 Å². The minimum absolute atomic E-state index is 0.0840. The number of nitrogens with zero attached hydrogens (tertiary/aromatic N) is 1. The van der Waals surface area contributed by atoms with Crippen LogP contribution in [-0.4, -0.2) is 28.7 Å². The van der Waals surface area contributed by atoms with E-state index in [1.807, 2.05) is 11.9 Å². The lowest BCUT2D eigenvalue weighted by molar-refractivity contribution is -0.134. The largest absolute Gasteiger partial charge is 0.340 e. The van der Waals surface area contributed by atoms with Gasteiger partial charge in [0.05, 0.1) is 0 Å². The number of carbonyl (C=O) groups excluding carboxylic acids is 1. The summed E-state index contributed by atoms with van der Waals surface area (Å²) in [6.07, 6.45) is 8.10. The molecule has 3 heteroatoms. The van der Waals surface area contributed by atoms with Gasteiger partial charge in [-0.05, 0) is 20.3 Å². The number of rotatable bonds is 9. The molecule has 0 heterocycles. The van der Waals surface area contributed by atoms with E-state index in [1.54, 1.807) is 0 Å². The van der Waals surface area contributed by atoms with Crippen molar-refractivity contribution in [2.75, 3.05) is 12.4 Å². The molecule has 0 atom stereocenters. The number of alkyl halides is 1. The van der Waals surface area contributed by atoms with Crippen molar-refractivity contribution in [2.45, 2.75) is 71.3 Å². The lowest BCUT2D eigenvalue weighted by Gasteiger charge is -2.34. The Bertz CT molecular complexity index is 216. The van der Waals surface area contributed by atoms with Crippen LogP contribution in [0.1, 0.15) is 65.7 Å². The van der Waals surface area contributed by atoms with E-state index in [1.165, 1.54) is 32.1 Å². The van der Waals surface area contributed by atoms with Gasteiger partial charge >= 0.3 is 0 Å². The van der Waals surface area contributed by atoms with Crippen LogP contribution in [0.15, 0.2) is 0 Å². The second-order valence-corrected chi connectivity index (χ2v) is 5.98. The molecule has 1 amide bonds. The average Bonchev–Trinajstić information content (AvgIpc) is 2.32. The summed E-state index contributed by atoms with van der Waals surface area (Å²) in [6, 6.07) is 0. The van der Waals surface area contributed by atoms with Crippen LogP contribution in [0.25, 0.3) is 0 Å². The molecule has 0 aliphatic rings. The average molecular weight is 306 g/mol. The smallest absolute Gasteiger partial charge is 0.222 e. The van der Waals surface area contributed by atoms with Crippen molar-refractivity contribution in [2.24, 2.45) is 0 Å². The number of halogens is 1. The van der Waals surface area contributed by atoms with E-state index >= 15 is 0 Å². The van der Waals surface area contributed by atoms with Crippen molar-refractivity contribution in [1.82, 2.24) is 4.90 Å². The Morgan fingerprint density at radius 2 is 1.65 bits per heavy atom. The summed E-state index contributed by atoms with van der Waals surface area (Å²) in [5.41, 5.74) is -0.0840. The van der Waals surface area contributed by atoms with Crippen LogP contribution in [0.2, 0.25) is 0 Å². The third-order valence-electron chi connectivity index (χ3n) is 3.35. The lowest BCUT2D eigenvalue weighted by atomic mass is 10.0. The Kier molecular flexibility index (Phi) is 8.93. The summed E-state index contributed by atoms with van der Waals surface area (Å²) < 4.78 is 0. The van der Waals surface area contributed by atoms with E-state index in [0.717, 1.165) is 11.8 Å². The molecule has 0 rings (SSSR count). The molecule has 0 radical (unpaired) electrons. The van der Waals surface area contributed by atoms with E-state index in [2.05, 4.69) is 36.7 Å². The third-order valence-corrected chi connectivity index (χ3v) is 4.73. The molecule has 0 spiro atoms. The minimum Gasteiger partial charge on any atom is -0.340 e. The molecule has 2 nitrogen and oxygen atoms in total. The van der Waals surface area contributed by atoms with Gasteiger partial charge in [0.1, 0.15) is 0 Å². The lowest BCUT2D eigenvalue weighted by Crippen LogP contribution is -2.46. The normalized spacial score (nSPS) is 11.6. The van der Waals surface area contributed by atoms with Crippen LogP contribution in [0.3, 0.4) is 0 Å². The summed E-state index contributed by atoms with van der Waals surface area (Å²) >= 11 is 3.46. The van der Waals surface area contributed by atoms with Crippen LogP contribution in [0.5, 0.6) is 0 Å². The fraction of sp³-hybridized carbons (Fsp3) is 0.929. The van der Waals surface area contributed by atoms with Crippen LogP contribution >= 0.6 is 15.9 Å². The Hall–Kier alpha value is -0.0500. The Labute approximate surface area is 115 Å². The summed E-state index contributed by atoms with van der Waals surface area (Å²) in [5, 5.41) is 0.818. The van der Waals surface area contributed by atoms with Gasteiger partial charge in [0.2, 0.25) is 5.91 Å². The maximum atomic E-state index is 11.9. The SMILES string of the molecule is CCCCCCCCC(=O)N(C)C(C)(C)CBr. The van der Waals surface area contributed by atoms with Crippen LogP contribution in [0.4, 0.5) is 0 Å². The zero-order chi connectivity index (χ0) is 13.3. The van der Waals surface area contributed by atoms with Gasteiger partial charge in [0.25, 0.3) is 0 Å². The molecular formula is C14H28BrNO. The number of hydrogen-bond donors (Lipinski definition) is 0. The predicted octanol–water partition coefficient (Wildman–Crippen LogP) is 4.37. The topological polar surface area (TPSA) is 20.3 Å². The highest BCUT2D eigenvalue weighted by molar-refractivity contribution is 9.09. The van der Waals surface area contributed by atoms with Gasteiger partial charge in [-0.2, -0.15) is 0 Å². The highest BCUT2D eigenvalue weighted by atomic mass is 79.9. The second kappa shape index (κ2) is 8.96. The maximum Gasteiger partial charge on any atom is 0.222 e. The summed E-state index contributed by atoms with van der Waals surface area (Å²) in [5.74, 6) is 0.268. The molecule has 0 fully saturated rings. The molecule has 0 aromatic rings. The van der Waals surface area contributed by atoms with Crippen molar-refractivity contribution in [1.29, 1.82) is 0 Å². The van der Waals surface area contributed by atoms with Gasteiger partial charge in [-0.25, -0.2) is 0 Å². The third kappa shape index (κ3) is 7.07. The molecule has 0 aliphatic carbocycles. The quantitative estimate of drug-likeness (QED) is 0.457. The van der Waals surface area contributed by atoms with Crippen LogP contribution in [0, 0.1) is 0 Å². The molecule has 0 saturated carbocycles. The molecule has 102 valence electrons. The first kappa shape index (κ1) is 16.9. The fourth-order valence-corrected chi connectivity index (χ4v) is 2.03. The van der Waals surface area contributed by atoms with Crippen molar-refractivity contribution < 1.29 is 4.79 Å². The number of unbranched alkanes of at least 4 members (excludes halogenated alkanes) is 5. The van der Waals surface area contributed by atoms with Crippen LogP contribution in [-0.2, 0) is 4.79 Å². The molecular weight excluding hydrogens is 278 g/mol. The molecule has 0 aromatic heterocycles. The highest BCUT2D eigenvalue weighted by Gasteiger charge is 2.25. The Morgan fingerprint density at radius 3 is 2.18 bits per heavy atom. The summed E-state index contributed by atoms with van der Waals surface area (Å²) in [7, 11) is 1.90. The first-order valence-electron chi connectivity index (χ1n) is 6.78. The van der Waals surface area contributed by atoms with E-state index < -0.39 is 0 Å². The predicted molar refractivity (Wildman–Crippen MR) is 78.6 cm³/mol. The second-order valence-electron chi connectivity index (χ2n) is 5.42. The maximum absolute atomic E-state index is 11.9. The number of hydrogen-bond acceptors (Lipinski definition) is 1. The first-order chi connectivity index (χ1) is 7.95. The number of amides is 1. The monoisotopic (exact) mass is 305 g/mol. The van der Waals surface area contributed by atoms with Gasteiger partial charge in [-0.15, -0.1) is 0 Å². The fourth-order valence-electron chi connectivity index (χ4n) is 1.65.